The van der Waals surface area contributed by atoms with E-state index < -0.39 is 41.3 Å². The summed E-state index contributed by atoms with van der Waals surface area (Å²) >= 11 is 7.57. The largest absolute Gasteiger partial charge is 0.388 e. The van der Waals surface area contributed by atoms with Crippen LogP contribution in [0, 0.1) is 11.8 Å². The summed E-state index contributed by atoms with van der Waals surface area (Å²) in [6.45, 7) is 2.56. The molecular formula is C20H35ClN2O5S. The highest BCUT2D eigenvalue weighted by atomic mass is 35.5. The Kier molecular flexibility index (Phi) is 8.52. The average Bonchev–Trinajstić information content (AvgIpc) is 3.12. The van der Waals surface area contributed by atoms with Gasteiger partial charge in [-0.15, -0.1) is 23.4 Å². The Bertz CT molecular complexity index is 551. The number of amides is 1. The molecule has 9 atom stereocenters. The number of hydrogen-bond acceptors (Lipinski definition) is 7. The summed E-state index contributed by atoms with van der Waals surface area (Å²) in [6.07, 6.45) is 4.19. The zero-order valence-electron chi connectivity index (χ0n) is 17.2. The molecule has 0 aromatic carbocycles. The van der Waals surface area contributed by atoms with Gasteiger partial charge in [-0.2, -0.15) is 0 Å². The number of thioether (sulfide) groups is 1. The van der Waals surface area contributed by atoms with Gasteiger partial charge in [-0.3, -0.25) is 4.79 Å². The minimum atomic E-state index is -1.36. The predicted octanol–water partition coefficient (Wildman–Crippen LogP) is 0.827. The van der Waals surface area contributed by atoms with E-state index in [4.69, 9.17) is 16.3 Å². The third kappa shape index (κ3) is 5.59. The van der Waals surface area contributed by atoms with Gasteiger partial charge in [-0.05, 0) is 44.4 Å². The van der Waals surface area contributed by atoms with Crippen LogP contribution in [0.5, 0.6) is 0 Å². The van der Waals surface area contributed by atoms with Crippen molar-refractivity contribution in [3.05, 3.63) is 0 Å². The zero-order chi connectivity index (χ0) is 21.1. The lowest BCUT2D eigenvalue weighted by Crippen LogP contribution is -2.65. The molecule has 0 radical (unpaired) electrons. The molecule has 0 bridgehead atoms. The fourth-order valence-corrected chi connectivity index (χ4v) is 5.46. The Balaban J connectivity index is 1.56. The maximum Gasteiger partial charge on any atom is 0.237 e. The number of ether oxygens (including phenoxy) is 1. The highest BCUT2D eigenvalue weighted by Crippen LogP contribution is 2.33. The standard InChI is InChI=1S/C20H35ClN2O5S/c1-10(21)14(18-16(25)15(24)17(26)20(28-18)29-2)23-19(27)13-8-12(9-22-13)7-6-11-4-3-5-11/h10-18,20,22,24-26H,3-9H2,1-2H3,(H,23,27). The first-order valence-corrected chi connectivity index (χ1v) is 12.4. The predicted molar refractivity (Wildman–Crippen MR) is 114 cm³/mol. The number of rotatable bonds is 8. The molecule has 3 aliphatic rings. The Morgan fingerprint density at radius 2 is 1.90 bits per heavy atom. The molecule has 7 nitrogen and oxygen atoms in total. The normalized spacial score (nSPS) is 40.3. The van der Waals surface area contributed by atoms with Crippen molar-refractivity contribution in [2.24, 2.45) is 11.8 Å². The lowest BCUT2D eigenvalue weighted by Gasteiger charge is -2.44. The molecule has 3 rings (SSSR count). The van der Waals surface area contributed by atoms with Gasteiger partial charge in [0, 0.05) is 0 Å². The summed E-state index contributed by atoms with van der Waals surface area (Å²) in [5, 5.41) is 36.4. The molecule has 168 valence electrons. The topological polar surface area (TPSA) is 111 Å². The van der Waals surface area contributed by atoms with Crippen LogP contribution in [0.25, 0.3) is 0 Å². The minimum Gasteiger partial charge on any atom is -0.388 e. The fraction of sp³-hybridized carbons (Fsp3) is 0.950. The fourth-order valence-electron chi connectivity index (χ4n) is 4.57. The van der Waals surface area contributed by atoms with E-state index in [1.807, 2.05) is 0 Å². The first kappa shape index (κ1) is 23.6. The summed E-state index contributed by atoms with van der Waals surface area (Å²) < 4.78 is 5.81. The quantitative estimate of drug-likeness (QED) is 0.348. The first-order chi connectivity index (χ1) is 13.8. The van der Waals surface area contributed by atoms with Crippen molar-refractivity contribution < 1.29 is 24.9 Å². The molecule has 1 aliphatic carbocycles. The van der Waals surface area contributed by atoms with Crippen LogP contribution in [-0.4, -0.2) is 81.3 Å². The van der Waals surface area contributed by atoms with E-state index in [0.717, 1.165) is 25.3 Å². The number of nitrogens with one attached hydrogen (secondary N) is 2. The maximum atomic E-state index is 12.9. The van der Waals surface area contributed by atoms with Gasteiger partial charge >= 0.3 is 0 Å². The van der Waals surface area contributed by atoms with Gasteiger partial charge < -0.3 is 30.7 Å². The Morgan fingerprint density at radius 1 is 1.21 bits per heavy atom. The van der Waals surface area contributed by atoms with Crippen LogP contribution in [0.3, 0.4) is 0 Å². The summed E-state index contributed by atoms with van der Waals surface area (Å²) in [4.78, 5) is 12.9. The molecule has 0 aromatic rings. The van der Waals surface area contributed by atoms with Gasteiger partial charge in [0.15, 0.2) is 0 Å². The van der Waals surface area contributed by atoms with Gasteiger partial charge in [-0.25, -0.2) is 0 Å². The molecule has 3 fully saturated rings. The Labute approximate surface area is 182 Å². The second-order valence-electron chi connectivity index (χ2n) is 8.83. The van der Waals surface area contributed by atoms with Crippen LogP contribution in [0.4, 0.5) is 0 Å². The summed E-state index contributed by atoms with van der Waals surface area (Å²) in [5.74, 6) is 1.22. The molecule has 2 aliphatic heterocycles. The van der Waals surface area contributed by atoms with E-state index in [1.165, 1.54) is 37.4 Å². The number of alkyl halides is 1. The second-order valence-corrected chi connectivity index (χ2v) is 10.4. The molecule has 0 aromatic heterocycles. The van der Waals surface area contributed by atoms with Crippen molar-refractivity contribution in [3.63, 3.8) is 0 Å². The van der Waals surface area contributed by atoms with Gasteiger partial charge in [0.2, 0.25) is 5.91 Å². The van der Waals surface area contributed by atoms with Crippen molar-refractivity contribution in [2.75, 3.05) is 12.8 Å². The van der Waals surface area contributed by atoms with Crippen LogP contribution >= 0.6 is 23.4 Å². The van der Waals surface area contributed by atoms with Crippen molar-refractivity contribution in [1.82, 2.24) is 10.6 Å². The number of aliphatic hydroxyl groups excluding tert-OH is 3. The van der Waals surface area contributed by atoms with E-state index in [9.17, 15) is 20.1 Å². The van der Waals surface area contributed by atoms with Crippen LogP contribution in [0.1, 0.15) is 45.4 Å². The molecule has 2 heterocycles. The molecule has 1 amide bonds. The average molecular weight is 451 g/mol. The Morgan fingerprint density at radius 3 is 2.48 bits per heavy atom. The molecule has 5 N–H and O–H groups in total. The molecule has 9 heteroatoms. The zero-order valence-corrected chi connectivity index (χ0v) is 18.7. The summed E-state index contributed by atoms with van der Waals surface area (Å²) in [5.41, 5.74) is -0.700. The molecule has 0 spiro atoms. The highest BCUT2D eigenvalue weighted by molar-refractivity contribution is 7.99. The number of carbonyl (C=O) groups excluding carboxylic acids is 1. The monoisotopic (exact) mass is 450 g/mol. The smallest absolute Gasteiger partial charge is 0.237 e. The van der Waals surface area contributed by atoms with Crippen LogP contribution in [0.2, 0.25) is 0 Å². The summed E-state index contributed by atoms with van der Waals surface area (Å²) in [6, 6.07) is -0.973. The van der Waals surface area contributed by atoms with Gasteiger partial charge in [-0.1, -0.05) is 25.7 Å². The number of aliphatic hydroxyl groups is 3. The van der Waals surface area contributed by atoms with Gasteiger partial charge in [0.25, 0.3) is 0 Å². The van der Waals surface area contributed by atoms with Crippen LogP contribution in [-0.2, 0) is 9.53 Å². The maximum absolute atomic E-state index is 12.9. The van der Waals surface area contributed by atoms with E-state index in [2.05, 4.69) is 10.6 Å². The highest BCUT2D eigenvalue weighted by Gasteiger charge is 2.48. The number of hydrogen-bond donors (Lipinski definition) is 5. The van der Waals surface area contributed by atoms with Crippen molar-refractivity contribution >= 4 is 29.3 Å². The van der Waals surface area contributed by atoms with Crippen LogP contribution < -0.4 is 10.6 Å². The van der Waals surface area contributed by atoms with E-state index in [1.54, 1.807) is 13.2 Å². The second kappa shape index (κ2) is 10.5. The minimum absolute atomic E-state index is 0.161. The lowest BCUT2D eigenvalue weighted by atomic mass is 9.80. The number of carbonyl (C=O) groups is 1. The Hall–Kier alpha value is -0.0900. The third-order valence-electron chi connectivity index (χ3n) is 6.74. The van der Waals surface area contributed by atoms with Crippen LogP contribution in [0.15, 0.2) is 0 Å². The summed E-state index contributed by atoms with van der Waals surface area (Å²) in [7, 11) is 0. The third-order valence-corrected chi connectivity index (χ3v) is 7.87. The van der Waals surface area contributed by atoms with Crippen molar-refractivity contribution in [1.29, 1.82) is 0 Å². The van der Waals surface area contributed by atoms with Gasteiger partial charge in [0.1, 0.15) is 29.9 Å². The SMILES string of the molecule is CSC1OC(C(NC(=O)C2CC(CCC3CCC3)CN2)C(C)Cl)C(O)C(O)C1O. The molecule has 29 heavy (non-hydrogen) atoms. The van der Waals surface area contributed by atoms with Gasteiger partial charge in [0.05, 0.1) is 17.5 Å². The van der Waals surface area contributed by atoms with E-state index >= 15 is 0 Å². The molecule has 2 saturated heterocycles. The molecule has 1 saturated carbocycles. The lowest BCUT2D eigenvalue weighted by molar-refractivity contribution is -0.205. The molecular weight excluding hydrogens is 416 g/mol. The van der Waals surface area contributed by atoms with E-state index in [0.29, 0.717) is 5.92 Å². The molecule has 9 unspecified atom stereocenters. The van der Waals surface area contributed by atoms with E-state index in [-0.39, 0.29) is 11.9 Å². The first-order valence-electron chi connectivity index (χ1n) is 10.7. The van der Waals surface area contributed by atoms with Crippen molar-refractivity contribution in [3.8, 4) is 0 Å². The number of halogens is 1. The van der Waals surface area contributed by atoms with Crippen molar-refractivity contribution in [2.45, 2.75) is 92.8 Å².